The van der Waals surface area contributed by atoms with Crippen molar-refractivity contribution in [3.05, 3.63) is 78.0 Å². The van der Waals surface area contributed by atoms with Gasteiger partial charge in [-0.1, -0.05) is 59.8 Å². The number of aryl methyl sites for hydroxylation is 1. The van der Waals surface area contributed by atoms with Gasteiger partial charge in [0, 0.05) is 16.8 Å². The number of rotatable bonds is 1. The summed E-state index contributed by atoms with van der Waals surface area (Å²) in [7, 11) is 0.758. The molecule has 0 atom stereocenters. The van der Waals surface area contributed by atoms with Gasteiger partial charge in [0.2, 0.25) is 0 Å². The molecule has 0 unspecified atom stereocenters. The highest BCUT2D eigenvalue weighted by Gasteiger charge is 2.27. The van der Waals surface area contributed by atoms with E-state index >= 15 is 0 Å². The minimum Gasteiger partial charge on any atom is -0.313 e. The minimum absolute atomic E-state index is 0.758. The molecule has 0 N–H and O–H groups in total. The number of hydrogen-bond acceptors (Lipinski definition) is 0. The third-order valence-corrected chi connectivity index (χ3v) is 7.39. The average molecular weight is 350 g/mol. The lowest BCUT2D eigenvalue weighted by atomic mass is 9.95. The molecular formula is C24H19NSi. The van der Waals surface area contributed by atoms with Gasteiger partial charge in [0.25, 0.3) is 0 Å². The van der Waals surface area contributed by atoms with Crippen LogP contribution in [-0.4, -0.2) is 14.1 Å². The molecule has 3 aromatic carbocycles. The third-order valence-electron chi connectivity index (χ3n) is 5.93. The fourth-order valence-corrected chi connectivity index (χ4v) is 6.32. The van der Waals surface area contributed by atoms with Crippen LogP contribution in [0.4, 0.5) is 0 Å². The largest absolute Gasteiger partial charge is 0.313 e. The Labute approximate surface area is 156 Å². The topological polar surface area (TPSA) is 4.93 Å². The van der Waals surface area contributed by atoms with Crippen molar-refractivity contribution >= 4 is 30.8 Å². The highest BCUT2D eigenvalue weighted by Crippen LogP contribution is 2.36. The summed E-state index contributed by atoms with van der Waals surface area (Å²) in [5.74, 6) is 0. The number of nitrogens with zero attached hydrogens (tertiary/aromatic N) is 1. The van der Waals surface area contributed by atoms with Gasteiger partial charge in [-0.05, 0) is 59.7 Å². The first-order chi connectivity index (χ1) is 12.9. The number of fused-ring (bicyclic) bond motifs is 7. The molecule has 1 aromatic heterocycles. The summed E-state index contributed by atoms with van der Waals surface area (Å²) < 4.78 is 2.58. The molecule has 0 spiro atoms. The molecule has 124 valence electrons. The molecular weight excluding hydrogens is 330 g/mol. The Kier molecular flexibility index (Phi) is 3.06. The molecule has 0 saturated heterocycles. The van der Waals surface area contributed by atoms with E-state index in [2.05, 4.69) is 71.3 Å². The predicted molar refractivity (Wildman–Crippen MR) is 110 cm³/mol. The Hall–Kier alpha value is -2.58. The van der Waals surface area contributed by atoms with Crippen molar-refractivity contribution in [1.82, 2.24) is 4.57 Å². The summed E-state index contributed by atoms with van der Waals surface area (Å²) in [5.41, 5.74) is 8.80. The molecule has 0 amide bonds. The van der Waals surface area contributed by atoms with Gasteiger partial charge in [0.1, 0.15) is 9.52 Å². The van der Waals surface area contributed by atoms with Crippen molar-refractivity contribution in [1.29, 1.82) is 0 Å². The summed E-state index contributed by atoms with van der Waals surface area (Å²) in [6, 6.07) is 24.7. The van der Waals surface area contributed by atoms with Crippen molar-refractivity contribution in [2.24, 2.45) is 0 Å². The Morgan fingerprint density at radius 2 is 1.54 bits per heavy atom. The zero-order valence-corrected chi connectivity index (χ0v) is 15.6. The second-order valence-electron chi connectivity index (χ2n) is 7.36. The third kappa shape index (κ3) is 1.91. The maximum Gasteiger partial charge on any atom is 0.126 e. The van der Waals surface area contributed by atoms with Gasteiger partial charge in [-0.25, -0.2) is 0 Å². The highest BCUT2D eigenvalue weighted by molar-refractivity contribution is 6.75. The van der Waals surface area contributed by atoms with Crippen LogP contribution in [0.2, 0.25) is 0 Å². The summed E-state index contributed by atoms with van der Waals surface area (Å²) in [5, 5.41) is 4.53. The Bertz CT molecular complexity index is 1150. The van der Waals surface area contributed by atoms with E-state index in [9.17, 15) is 0 Å². The highest BCUT2D eigenvalue weighted by atomic mass is 28.2. The van der Waals surface area contributed by atoms with Gasteiger partial charge in [-0.2, -0.15) is 0 Å². The smallest absolute Gasteiger partial charge is 0.126 e. The van der Waals surface area contributed by atoms with Gasteiger partial charge in [0.15, 0.2) is 0 Å². The molecule has 0 fully saturated rings. The van der Waals surface area contributed by atoms with E-state index in [0.29, 0.717) is 0 Å². The van der Waals surface area contributed by atoms with Crippen LogP contribution in [-0.2, 0) is 12.8 Å². The molecule has 1 aliphatic heterocycles. The van der Waals surface area contributed by atoms with Crippen LogP contribution in [0.1, 0.15) is 24.1 Å². The van der Waals surface area contributed by atoms with Crippen molar-refractivity contribution in [2.45, 2.75) is 25.7 Å². The number of aromatic nitrogens is 1. The van der Waals surface area contributed by atoms with Gasteiger partial charge in [-0.3, -0.25) is 0 Å². The van der Waals surface area contributed by atoms with Crippen molar-refractivity contribution in [3.8, 4) is 16.8 Å². The Balaban J connectivity index is 1.74. The van der Waals surface area contributed by atoms with Crippen molar-refractivity contribution in [2.75, 3.05) is 0 Å². The first-order valence-corrected chi connectivity index (χ1v) is 10.5. The normalized spacial score (nSPS) is 14.9. The molecule has 2 radical (unpaired) electrons. The standard InChI is InChI=1S/C24H19NSi/c1-2-8-16(9-3-1)25-21-12-6-4-10-17(21)19-14-15-20-18-11-5-7-13-22(18)26-24(20)23(19)25/h1-3,5,7-9,11,13-15H,4,6,10,12H2. The molecule has 1 nitrogen and oxygen atoms in total. The summed E-state index contributed by atoms with van der Waals surface area (Å²) in [4.78, 5) is 0. The molecule has 1 aliphatic carbocycles. The SMILES string of the molecule is c1ccc(-n2c3c(c4ccc5c(c42)[Si]c2ccccc2-5)CCCC3)cc1. The first-order valence-electron chi connectivity index (χ1n) is 9.53. The van der Waals surface area contributed by atoms with Crippen LogP contribution in [0, 0.1) is 0 Å². The average Bonchev–Trinajstić information content (AvgIpc) is 3.24. The first kappa shape index (κ1) is 14.6. The molecule has 0 saturated carbocycles. The lowest BCUT2D eigenvalue weighted by Crippen LogP contribution is -2.23. The fraction of sp³-hybridized carbons (Fsp3) is 0.167. The van der Waals surface area contributed by atoms with Gasteiger partial charge < -0.3 is 4.57 Å². The van der Waals surface area contributed by atoms with E-state index in [-0.39, 0.29) is 0 Å². The maximum absolute atomic E-state index is 2.58. The van der Waals surface area contributed by atoms with Crippen LogP contribution in [0.25, 0.3) is 27.7 Å². The second-order valence-corrected chi connectivity index (χ2v) is 8.65. The van der Waals surface area contributed by atoms with Gasteiger partial charge >= 0.3 is 0 Å². The van der Waals surface area contributed by atoms with Crippen LogP contribution in [0.5, 0.6) is 0 Å². The molecule has 2 aliphatic rings. The number of para-hydroxylation sites is 1. The zero-order chi connectivity index (χ0) is 17.1. The quantitative estimate of drug-likeness (QED) is 0.401. The summed E-state index contributed by atoms with van der Waals surface area (Å²) >= 11 is 0. The van der Waals surface area contributed by atoms with E-state index in [1.54, 1.807) is 16.4 Å². The number of benzene rings is 3. The van der Waals surface area contributed by atoms with E-state index in [0.717, 1.165) is 9.52 Å². The van der Waals surface area contributed by atoms with Crippen LogP contribution < -0.4 is 10.4 Å². The van der Waals surface area contributed by atoms with Crippen LogP contribution in [0.3, 0.4) is 0 Å². The molecule has 0 bridgehead atoms. The minimum atomic E-state index is 0.758. The van der Waals surface area contributed by atoms with E-state index in [4.69, 9.17) is 0 Å². The van der Waals surface area contributed by atoms with Crippen molar-refractivity contribution < 1.29 is 0 Å². The van der Waals surface area contributed by atoms with Crippen LogP contribution >= 0.6 is 0 Å². The van der Waals surface area contributed by atoms with Gasteiger partial charge in [-0.15, -0.1) is 0 Å². The molecule has 4 aromatic rings. The molecule has 2 heteroatoms. The fourth-order valence-electron chi connectivity index (χ4n) is 4.80. The summed E-state index contributed by atoms with van der Waals surface area (Å²) in [6.45, 7) is 0. The monoisotopic (exact) mass is 349 g/mol. The van der Waals surface area contributed by atoms with Gasteiger partial charge in [0.05, 0.1) is 5.52 Å². The zero-order valence-electron chi connectivity index (χ0n) is 14.6. The second kappa shape index (κ2) is 5.45. The van der Waals surface area contributed by atoms with E-state index in [1.165, 1.54) is 58.6 Å². The summed E-state index contributed by atoms with van der Waals surface area (Å²) in [6.07, 6.45) is 5.05. The molecule has 2 heterocycles. The lowest BCUT2D eigenvalue weighted by Gasteiger charge is -2.16. The molecule has 6 rings (SSSR count). The Morgan fingerprint density at radius 1 is 0.731 bits per heavy atom. The molecule has 26 heavy (non-hydrogen) atoms. The van der Waals surface area contributed by atoms with Crippen molar-refractivity contribution in [3.63, 3.8) is 0 Å². The maximum atomic E-state index is 2.58. The predicted octanol–water partition coefficient (Wildman–Crippen LogP) is 4.14. The number of hydrogen-bond donors (Lipinski definition) is 0. The van der Waals surface area contributed by atoms with E-state index in [1.807, 2.05) is 0 Å². The Morgan fingerprint density at radius 3 is 2.46 bits per heavy atom. The van der Waals surface area contributed by atoms with Crippen LogP contribution in [0.15, 0.2) is 66.7 Å². The lowest BCUT2D eigenvalue weighted by molar-refractivity contribution is 0.667. The van der Waals surface area contributed by atoms with E-state index < -0.39 is 0 Å².